The summed E-state index contributed by atoms with van der Waals surface area (Å²) in [6.45, 7) is 9.33. The molecule has 1 aromatic heterocycles. The van der Waals surface area contributed by atoms with Crippen molar-refractivity contribution in [2.24, 2.45) is 5.92 Å². The van der Waals surface area contributed by atoms with E-state index in [4.69, 9.17) is 9.15 Å². The van der Waals surface area contributed by atoms with Crippen molar-refractivity contribution in [1.29, 1.82) is 0 Å². The molecule has 1 aromatic rings. The van der Waals surface area contributed by atoms with Crippen LogP contribution in [0.3, 0.4) is 0 Å². The topological polar surface area (TPSA) is 22.4 Å². The lowest BCUT2D eigenvalue weighted by Gasteiger charge is -2.05. The Labute approximate surface area is 105 Å². The number of ether oxygens (including phenoxy) is 1. The minimum absolute atomic E-state index is 0.683. The molecule has 0 amide bonds. The molecule has 0 spiro atoms. The van der Waals surface area contributed by atoms with Crippen molar-refractivity contribution >= 4 is 0 Å². The van der Waals surface area contributed by atoms with Gasteiger partial charge in [-0.1, -0.05) is 25.5 Å². The summed E-state index contributed by atoms with van der Waals surface area (Å²) in [6, 6.07) is 1.89. The van der Waals surface area contributed by atoms with E-state index in [1.165, 1.54) is 12.0 Å². The second-order valence-electron chi connectivity index (χ2n) is 4.84. The van der Waals surface area contributed by atoms with Crippen molar-refractivity contribution in [1.82, 2.24) is 0 Å². The molecule has 0 aliphatic carbocycles. The molecule has 0 saturated heterocycles. The van der Waals surface area contributed by atoms with Crippen LogP contribution in [0.2, 0.25) is 0 Å². The van der Waals surface area contributed by atoms with Crippen molar-refractivity contribution in [3.05, 3.63) is 29.7 Å². The van der Waals surface area contributed by atoms with Crippen LogP contribution >= 0.6 is 0 Å². The van der Waals surface area contributed by atoms with Gasteiger partial charge in [0.15, 0.2) is 5.75 Å². The fraction of sp³-hybridized carbons (Fsp3) is 0.600. The average Bonchev–Trinajstić information content (AvgIpc) is 2.66. The molecule has 1 heterocycles. The molecular formula is C15H24O2. The van der Waals surface area contributed by atoms with Crippen LogP contribution in [0.4, 0.5) is 0 Å². The summed E-state index contributed by atoms with van der Waals surface area (Å²) in [5, 5.41) is 0. The molecule has 96 valence electrons. The van der Waals surface area contributed by atoms with Crippen molar-refractivity contribution < 1.29 is 9.15 Å². The normalized spacial score (nSPS) is 12.2. The van der Waals surface area contributed by atoms with Crippen LogP contribution in [-0.4, -0.2) is 6.61 Å². The molecule has 2 heteroatoms. The molecule has 0 aliphatic rings. The van der Waals surface area contributed by atoms with Gasteiger partial charge in [0.25, 0.3) is 0 Å². The van der Waals surface area contributed by atoms with Gasteiger partial charge in [0.05, 0.1) is 12.9 Å². The molecule has 0 aromatic carbocycles. The first-order chi connectivity index (χ1) is 8.13. The van der Waals surface area contributed by atoms with E-state index < -0.39 is 0 Å². The highest BCUT2D eigenvalue weighted by Gasteiger charge is 2.07. The standard InChI is InChI=1S/C15H24O2/c1-5-16-14-9-10-17-15(14)11-13(4)8-6-7-12(2)3/h8-10,12H,5-7,11H2,1-4H3/b13-8+. The lowest BCUT2D eigenvalue weighted by Crippen LogP contribution is -1.94. The number of rotatable bonds is 7. The lowest BCUT2D eigenvalue weighted by atomic mass is 10.1. The summed E-state index contributed by atoms with van der Waals surface area (Å²) in [5.41, 5.74) is 1.35. The van der Waals surface area contributed by atoms with Gasteiger partial charge in [-0.2, -0.15) is 0 Å². The summed E-state index contributed by atoms with van der Waals surface area (Å²) in [5.74, 6) is 2.58. The first kappa shape index (κ1) is 13.9. The van der Waals surface area contributed by atoms with Gasteiger partial charge in [-0.05, 0) is 32.6 Å². The monoisotopic (exact) mass is 236 g/mol. The van der Waals surface area contributed by atoms with Crippen molar-refractivity contribution in [2.75, 3.05) is 6.61 Å². The molecule has 0 N–H and O–H groups in total. The van der Waals surface area contributed by atoms with Gasteiger partial charge >= 0.3 is 0 Å². The first-order valence-electron chi connectivity index (χ1n) is 6.48. The summed E-state index contributed by atoms with van der Waals surface area (Å²) in [4.78, 5) is 0. The van der Waals surface area contributed by atoms with E-state index in [0.29, 0.717) is 6.61 Å². The van der Waals surface area contributed by atoms with Crippen molar-refractivity contribution in [2.45, 2.75) is 47.0 Å². The Balaban J connectivity index is 2.49. The van der Waals surface area contributed by atoms with Gasteiger partial charge in [-0.3, -0.25) is 0 Å². The van der Waals surface area contributed by atoms with Gasteiger partial charge < -0.3 is 9.15 Å². The number of hydrogen-bond acceptors (Lipinski definition) is 2. The predicted molar refractivity (Wildman–Crippen MR) is 71.4 cm³/mol. The largest absolute Gasteiger partial charge is 0.490 e. The second kappa shape index (κ2) is 7.21. The Kier molecular flexibility index (Phi) is 5.88. The van der Waals surface area contributed by atoms with Gasteiger partial charge in [-0.25, -0.2) is 0 Å². The van der Waals surface area contributed by atoms with Gasteiger partial charge in [-0.15, -0.1) is 0 Å². The highest BCUT2D eigenvalue weighted by Crippen LogP contribution is 2.23. The fourth-order valence-electron chi connectivity index (χ4n) is 1.73. The quantitative estimate of drug-likeness (QED) is 0.645. The third-order valence-electron chi connectivity index (χ3n) is 2.68. The van der Waals surface area contributed by atoms with Crippen molar-refractivity contribution in [3.8, 4) is 5.75 Å². The van der Waals surface area contributed by atoms with Crippen LogP contribution in [0.15, 0.2) is 28.4 Å². The molecular weight excluding hydrogens is 212 g/mol. The molecule has 0 aliphatic heterocycles. The molecule has 0 bridgehead atoms. The van der Waals surface area contributed by atoms with E-state index >= 15 is 0 Å². The zero-order valence-electron chi connectivity index (χ0n) is 11.5. The van der Waals surface area contributed by atoms with Gasteiger partial charge in [0.2, 0.25) is 0 Å². The lowest BCUT2D eigenvalue weighted by molar-refractivity contribution is 0.328. The Morgan fingerprint density at radius 3 is 2.88 bits per heavy atom. The van der Waals surface area contributed by atoms with Crippen LogP contribution in [0.5, 0.6) is 5.75 Å². The van der Waals surface area contributed by atoms with Crippen LogP contribution in [0, 0.1) is 5.92 Å². The highest BCUT2D eigenvalue weighted by atomic mass is 16.5. The molecule has 0 radical (unpaired) electrons. The smallest absolute Gasteiger partial charge is 0.160 e. The maximum Gasteiger partial charge on any atom is 0.160 e. The summed E-state index contributed by atoms with van der Waals surface area (Å²) < 4.78 is 10.9. The molecule has 0 unspecified atom stereocenters. The van der Waals surface area contributed by atoms with Crippen LogP contribution in [0.1, 0.15) is 46.3 Å². The van der Waals surface area contributed by atoms with Crippen LogP contribution in [-0.2, 0) is 6.42 Å². The summed E-state index contributed by atoms with van der Waals surface area (Å²) >= 11 is 0. The minimum atomic E-state index is 0.683. The number of allylic oxidation sites excluding steroid dienone is 2. The molecule has 0 fully saturated rings. The van der Waals surface area contributed by atoms with Crippen LogP contribution in [0.25, 0.3) is 0 Å². The van der Waals surface area contributed by atoms with Crippen LogP contribution < -0.4 is 4.74 Å². The van der Waals surface area contributed by atoms with E-state index in [2.05, 4.69) is 26.8 Å². The maximum absolute atomic E-state index is 5.50. The molecule has 0 saturated carbocycles. The van der Waals surface area contributed by atoms with Crippen molar-refractivity contribution in [3.63, 3.8) is 0 Å². The average molecular weight is 236 g/mol. The predicted octanol–water partition coefficient (Wildman–Crippen LogP) is 4.60. The van der Waals surface area contributed by atoms with E-state index in [1.54, 1.807) is 6.26 Å². The highest BCUT2D eigenvalue weighted by molar-refractivity contribution is 5.28. The van der Waals surface area contributed by atoms with Gasteiger partial charge in [0.1, 0.15) is 5.76 Å². The van der Waals surface area contributed by atoms with E-state index in [1.807, 2.05) is 13.0 Å². The minimum Gasteiger partial charge on any atom is -0.490 e. The zero-order valence-corrected chi connectivity index (χ0v) is 11.5. The summed E-state index contributed by atoms with van der Waals surface area (Å²) in [7, 11) is 0. The Hall–Kier alpha value is -1.18. The molecule has 0 atom stereocenters. The summed E-state index contributed by atoms with van der Waals surface area (Å²) in [6.07, 6.45) is 7.24. The second-order valence-corrected chi connectivity index (χ2v) is 4.84. The Morgan fingerprint density at radius 2 is 2.24 bits per heavy atom. The SMILES string of the molecule is CCOc1ccoc1C/C(C)=C/CCC(C)C. The van der Waals surface area contributed by atoms with E-state index in [9.17, 15) is 0 Å². The van der Waals surface area contributed by atoms with E-state index in [0.717, 1.165) is 30.3 Å². The number of hydrogen-bond donors (Lipinski definition) is 0. The molecule has 2 nitrogen and oxygen atoms in total. The fourth-order valence-corrected chi connectivity index (χ4v) is 1.73. The Bertz CT molecular complexity index is 348. The van der Waals surface area contributed by atoms with E-state index in [-0.39, 0.29) is 0 Å². The third kappa shape index (κ3) is 5.12. The Morgan fingerprint density at radius 1 is 1.47 bits per heavy atom. The molecule has 1 rings (SSSR count). The molecule has 17 heavy (non-hydrogen) atoms. The van der Waals surface area contributed by atoms with Gasteiger partial charge in [0, 0.05) is 12.5 Å². The zero-order chi connectivity index (χ0) is 12.7. The first-order valence-corrected chi connectivity index (χ1v) is 6.48. The maximum atomic E-state index is 5.50. The number of furan rings is 1. The third-order valence-corrected chi connectivity index (χ3v) is 2.68.